The van der Waals surface area contributed by atoms with Crippen molar-refractivity contribution in [2.75, 3.05) is 11.6 Å². The lowest BCUT2D eigenvalue weighted by Gasteiger charge is -2.17. The number of nitrogens with one attached hydrogen (secondary N) is 1. The molecule has 0 spiro atoms. The third-order valence-electron chi connectivity index (χ3n) is 4.02. The number of carbonyl (C=O) groups excluding carboxylic acids is 2. The van der Waals surface area contributed by atoms with Crippen LogP contribution in [0.5, 0.6) is 0 Å². The fourth-order valence-corrected chi connectivity index (χ4v) is 3.15. The number of nitrogens with zero attached hydrogens (tertiary/aromatic N) is 2. The van der Waals surface area contributed by atoms with Crippen LogP contribution in [0.1, 0.15) is 45.1 Å². The second kappa shape index (κ2) is 7.59. The highest BCUT2D eigenvalue weighted by Crippen LogP contribution is 2.28. The maximum atomic E-state index is 11.7. The highest BCUT2D eigenvalue weighted by molar-refractivity contribution is 7.84. The van der Waals surface area contributed by atoms with Gasteiger partial charge in [-0.25, -0.2) is 9.97 Å². The molecule has 0 aliphatic heterocycles. The van der Waals surface area contributed by atoms with E-state index in [0.717, 1.165) is 25.7 Å². The molecule has 1 aromatic heterocycles. The lowest BCUT2D eigenvalue weighted by atomic mass is 10.0. The molecule has 0 bridgehead atoms. The molecule has 1 fully saturated rings. The van der Waals surface area contributed by atoms with E-state index in [1.54, 1.807) is 6.92 Å². The van der Waals surface area contributed by atoms with E-state index in [-0.39, 0.29) is 16.5 Å². The van der Waals surface area contributed by atoms with Crippen LogP contribution in [0.3, 0.4) is 0 Å². The SMILES string of the molecule is CC(=O)/C(C=O)=C(\C)c1cnc(S(C)=O)nc1NC1CCCC1. The van der Waals surface area contributed by atoms with Crippen molar-refractivity contribution < 1.29 is 13.8 Å². The fraction of sp³-hybridized carbons (Fsp3) is 0.500. The van der Waals surface area contributed by atoms with Crippen molar-refractivity contribution in [1.82, 2.24) is 9.97 Å². The molecule has 1 atom stereocenters. The van der Waals surface area contributed by atoms with Gasteiger partial charge in [0.1, 0.15) is 5.82 Å². The van der Waals surface area contributed by atoms with Crippen molar-refractivity contribution in [3.05, 3.63) is 17.3 Å². The molecule has 0 amide bonds. The number of aromatic nitrogens is 2. The Hall–Kier alpha value is -1.89. The highest BCUT2D eigenvalue weighted by atomic mass is 32.2. The Bertz CT molecular complexity index is 679. The summed E-state index contributed by atoms with van der Waals surface area (Å²) < 4.78 is 11.7. The highest BCUT2D eigenvalue weighted by Gasteiger charge is 2.20. The van der Waals surface area contributed by atoms with Crippen LogP contribution in [0, 0.1) is 0 Å². The van der Waals surface area contributed by atoms with Gasteiger partial charge in [-0.1, -0.05) is 12.8 Å². The van der Waals surface area contributed by atoms with E-state index in [2.05, 4.69) is 15.3 Å². The van der Waals surface area contributed by atoms with Crippen molar-refractivity contribution in [3.63, 3.8) is 0 Å². The zero-order valence-electron chi connectivity index (χ0n) is 13.6. The van der Waals surface area contributed by atoms with Gasteiger partial charge in [0.15, 0.2) is 12.1 Å². The maximum Gasteiger partial charge on any atom is 0.220 e. The van der Waals surface area contributed by atoms with Crippen molar-refractivity contribution in [2.24, 2.45) is 0 Å². The molecule has 2 rings (SSSR count). The largest absolute Gasteiger partial charge is 0.367 e. The molecule has 7 heteroatoms. The van der Waals surface area contributed by atoms with Crippen molar-refractivity contribution in [3.8, 4) is 0 Å². The van der Waals surface area contributed by atoms with Gasteiger partial charge < -0.3 is 5.32 Å². The monoisotopic (exact) mass is 335 g/mol. The summed E-state index contributed by atoms with van der Waals surface area (Å²) in [5.74, 6) is 0.239. The van der Waals surface area contributed by atoms with Crippen LogP contribution < -0.4 is 5.32 Å². The summed E-state index contributed by atoms with van der Waals surface area (Å²) in [7, 11) is -1.30. The number of allylic oxidation sites excluding steroid dienone is 2. The number of ketones is 1. The van der Waals surface area contributed by atoms with Gasteiger partial charge >= 0.3 is 0 Å². The van der Waals surface area contributed by atoms with Crippen LogP contribution in [0.25, 0.3) is 5.57 Å². The summed E-state index contributed by atoms with van der Waals surface area (Å²) >= 11 is 0. The minimum Gasteiger partial charge on any atom is -0.367 e. The fourth-order valence-electron chi connectivity index (χ4n) is 2.73. The number of aldehydes is 1. The van der Waals surface area contributed by atoms with Gasteiger partial charge in [-0.05, 0) is 32.3 Å². The van der Waals surface area contributed by atoms with Gasteiger partial charge in [0.05, 0.1) is 16.4 Å². The number of hydrogen-bond donors (Lipinski definition) is 1. The minimum atomic E-state index is -1.30. The molecule has 0 aromatic carbocycles. The van der Waals surface area contributed by atoms with Gasteiger partial charge in [0, 0.05) is 24.1 Å². The second-order valence-corrected chi connectivity index (χ2v) is 6.98. The maximum absolute atomic E-state index is 11.7. The summed E-state index contributed by atoms with van der Waals surface area (Å²) in [5.41, 5.74) is 1.23. The third-order valence-corrected chi connectivity index (χ3v) is 4.74. The molecule has 1 heterocycles. The molecule has 124 valence electrons. The van der Waals surface area contributed by atoms with Crippen LogP contribution >= 0.6 is 0 Å². The molecule has 23 heavy (non-hydrogen) atoms. The summed E-state index contributed by atoms with van der Waals surface area (Å²) in [6.07, 6.45) is 8.02. The van der Waals surface area contributed by atoms with Crippen LogP contribution in [-0.4, -0.2) is 38.5 Å². The molecule has 0 radical (unpaired) electrons. The molecule has 1 unspecified atom stereocenters. The predicted molar refractivity (Wildman–Crippen MR) is 89.6 cm³/mol. The van der Waals surface area contributed by atoms with Crippen LogP contribution in [0.15, 0.2) is 16.9 Å². The molecule has 1 aliphatic rings. The van der Waals surface area contributed by atoms with E-state index in [0.29, 0.717) is 29.3 Å². The molecule has 6 nitrogen and oxygen atoms in total. The van der Waals surface area contributed by atoms with E-state index >= 15 is 0 Å². The lowest BCUT2D eigenvalue weighted by Crippen LogP contribution is -2.18. The van der Waals surface area contributed by atoms with Gasteiger partial charge in [0.25, 0.3) is 0 Å². The van der Waals surface area contributed by atoms with Crippen LogP contribution in [-0.2, 0) is 20.4 Å². The Morgan fingerprint density at radius 3 is 2.52 bits per heavy atom. The molecule has 0 saturated heterocycles. The Kier molecular flexibility index (Phi) is 5.76. The van der Waals surface area contributed by atoms with E-state index in [1.807, 2.05) is 0 Å². The van der Waals surface area contributed by atoms with E-state index in [9.17, 15) is 13.8 Å². The smallest absolute Gasteiger partial charge is 0.220 e. The molecular formula is C16H21N3O3S. The average molecular weight is 335 g/mol. The summed E-state index contributed by atoms with van der Waals surface area (Å²) in [6, 6.07) is 0.298. The Morgan fingerprint density at radius 1 is 1.35 bits per heavy atom. The number of rotatable bonds is 6. The van der Waals surface area contributed by atoms with E-state index in [1.165, 1.54) is 19.4 Å². The third kappa shape index (κ3) is 4.10. The number of carbonyl (C=O) groups is 2. The zero-order chi connectivity index (χ0) is 17.0. The molecule has 1 saturated carbocycles. The second-order valence-electron chi connectivity index (χ2n) is 5.71. The van der Waals surface area contributed by atoms with Crippen LogP contribution in [0.2, 0.25) is 0 Å². The van der Waals surface area contributed by atoms with Gasteiger partial charge in [-0.2, -0.15) is 0 Å². The van der Waals surface area contributed by atoms with E-state index < -0.39 is 10.8 Å². The Morgan fingerprint density at radius 2 is 2.00 bits per heavy atom. The zero-order valence-corrected chi connectivity index (χ0v) is 14.4. The number of hydrogen-bond acceptors (Lipinski definition) is 6. The first-order chi connectivity index (χ1) is 10.9. The van der Waals surface area contributed by atoms with Crippen LogP contribution in [0.4, 0.5) is 5.82 Å². The Balaban J connectivity index is 2.50. The predicted octanol–water partition coefficient (Wildman–Crippen LogP) is 2.13. The molecule has 1 aliphatic carbocycles. The molecule has 1 aromatic rings. The molecule has 1 N–H and O–H groups in total. The van der Waals surface area contributed by atoms with Gasteiger partial charge in [0.2, 0.25) is 5.16 Å². The molecular weight excluding hydrogens is 314 g/mol. The first-order valence-corrected chi connectivity index (χ1v) is 9.14. The normalized spacial score (nSPS) is 17.5. The quantitative estimate of drug-likeness (QED) is 0.282. The first-order valence-electron chi connectivity index (χ1n) is 7.58. The lowest BCUT2D eigenvalue weighted by molar-refractivity contribution is -0.115. The Labute approximate surface area is 138 Å². The first kappa shape index (κ1) is 17.5. The summed E-state index contributed by atoms with van der Waals surface area (Å²) in [6.45, 7) is 3.06. The topological polar surface area (TPSA) is 89.0 Å². The van der Waals surface area contributed by atoms with Gasteiger partial charge in [-0.3, -0.25) is 13.8 Å². The van der Waals surface area contributed by atoms with Crippen molar-refractivity contribution in [1.29, 1.82) is 0 Å². The van der Waals surface area contributed by atoms with Crippen molar-refractivity contribution >= 4 is 34.3 Å². The number of anilines is 1. The summed E-state index contributed by atoms with van der Waals surface area (Å²) in [5, 5.41) is 3.59. The standard InChI is InChI=1S/C16H21N3O3S/c1-10(14(9-20)11(2)21)13-8-17-16(23(3)22)19-15(13)18-12-6-4-5-7-12/h8-9,12H,4-7H2,1-3H3,(H,17,18,19)/b14-10+. The van der Waals surface area contributed by atoms with E-state index in [4.69, 9.17) is 0 Å². The summed E-state index contributed by atoms with van der Waals surface area (Å²) in [4.78, 5) is 31.3. The van der Waals surface area contributed by atoms with Crippen molar-refractivity contribution in [2.45, 2.75) is 50.7 Å². The number of Topliss-reactive ketones (excluding diaryl/α,β-unsaturated/α-hetero) is 1. The average Bonchev–Trinajstić information content (AvgIpc) is 3.00. The van der Waals surface area contributed by atoms with Gasteiger partial charge in [-0.15, -0.1) is 0 Å². The minimum absolute atomic E-state index is 0.105.